The van der Waals surface area contributed by atoms with Crippen LogP contribution >= 0.6 is 11.3 Å². The molecule has 0 aliphatic rings. The minimum atomic E-state index is -3.23. The molecule has 2 N–H and O–H groups in total. The fourth-order valence-electron chi connectivity index (χ4n) is 1.64. The highest BCUT2D eigenvalue weighted by Crippen LogP contribution is 2.18. The second-order valence-electron chi connectivity index (χ2n) is 4.59. The highest BCUT2D eigenvalue weighted by Gasteiger charge is 2.17. The minimum absolute atomic E-state index is 0.151. The smallest absolute Gasteiger partial charge is 0.212 e. The van der Waals surface area contributed by atoms with Crippen LogP contribution < -0.4 is 10.0 Å². The van der Waals surface area contributed by atoms with Crippen molar-refractivity contribution in [3.8, 4) is 0 Å². The zero-order valence-corrected chi connectivity index (χ0v) is 13.4. The van der Waals surface area contributed by atoms with Crippen LogP contribution in [0.15, 0.2) is 5.38 Å². The molecular formula is C12H23N3O2S2. The van der Waals surface area contributed by atoms with Gasteiger partial charge in [-0.3, -0.25) is 0 Å². The lowest BCUT2D eigenvalue weighted by Gasteiger charge is -2.12. The van der Waals surface area contributed by atoms with Crippen LogP contribution in [-0.2, 0) is 10.0 Å². The zero-order valence-electron chi connectivity index (χ0n) is 11.8. The van der Waals surface area contributed by atoms with E-state index in [2.05, 4.69) is 21.9 Å². The predicted octanol–water partition coefficient (Wildman–Crippen LogP) is 1.82. The summed E-state index contributed by atoms with van der Waals surface area (Å²) in [6, 6.07) is -0.257. The number of nitrogens with zero attached hydrogens (tertiary/aromatic N) is 1. The molecule has 1 aromatic heterocycles. The average molecular weight is 305 g/mol. The molecule has 0 saturated carbocycles. The molecule has 0 aliphatic heterocycles. The van der Waals surface area contributed by atoms with Crippen molar-refractivity contribution in [3.05, 3.63) is 16.1 Å². The van der Waals surface area contributed by atoms with Gasteiger partial charge in [-0.1, -0.05) is 6.92 Å². The van der Waals surface area contributed by atoms with Crippen molar-refractivity contribution < 1.29 is 8.42 Å². The third-order valence-electron chi connectivity index (χ3n) is 2.56. The van der Waals surface area contributed by atoms with Crippen LogP contribution in [-0.4, -0.2) is 32.2 Å². The molecule has 19 heavy (non-hydrogen) atoms. The van der Waals surface area contributed by atoms with E-state index in [1.54, 1.807) is 0 Å². The zero-order chi connectivity index (χ0) is 14.3. The van der Waals surface area contributed by atoms with E-state index in [1.165, 1.54) is 11.3 Å². The van der Waals surface area contributed by atoms with Gasteiger partial charge in [0.05, 0.1) is 11.8 Å². The van der Waals surface area contributed by atoms with E-state index in [0.717, 1.165) is 30.2 Å². The number of hydrogen-bond acceptors (Lipinski definition) is 5. The van der Waals surface area contributed by atoms with Gasteiger partial charge in [0.1, 0.15) is 5.01 Å². The van der Waals surface area contributed by atoms with Crippen LogP contribution in [0.4, 0.5) is 0 Å². The summed E-state index contributed by atoms with van der Waals surface area (Å²) in [4.78, 5) is 4.29. The molecule has 5 nitrogen and oxygen atoms in total. The molecule has 0 bridgehead atoms. The van der Waals surface area contributed by atoms with Crippen LogP contribution in [0.1, 0.15) is 43.4 Å². The summed E-state index contributed by atoms with van der Waals surface area (Å²) in [6.07, 6.45) is 1.68. The first-order valence-corrected chi connectivity index (χ1v) is 9.10. The first kappa shape index (κ1) is 16.6. The van der Waals surface area contributed by atoms with E-state index in [9.17, 15) is 8.42 Å². The Morgan fingerprint density at radius 3 is 2.74 bits per heavy atom. The summed E-state index contributed by atoms with van der Waals surface area (Å²) in [5.74, 6) is 0.151. The molecule has 7 heteroatoms. The summed E-state index contributed by atoms with van der Waals surface area (Å²) in [5, 5.41) is 5.93. The third-order valence-corrected chi connectivity index (χ3v) is 5.24. The van der Waals surface area contributed by atoms with Crippen LogP contribution in [0.3, 0.4) is 0 Å². The van der Waals surface area contributed by atoms with E-state index in [1.807, 2.05) is 19.2 Å². The van der Waals surface area contributed by atoms with Crippen LogP contribution in [0, 0.1) is 6.92 Å². The largest absolute Gasteiger partial charge is 0.317 e. The van der Waals surface area contributed by atoms with E-state index < -0.39 is 10.0 Å². The summed E-state index contributed by atoms with van der Waals surface area (Å²) in [6.45, 7) is 7.48. The maximum atomic E-state index is 11.9. The SMILES string of the molecule is CCCNCCCS(=O)(=O)NC(C)c1nc(C)cs1. The lowest BCUT2D eigenvalue weighted by Crippen LogP contribution is -2.30. The Morgan fingerprint density at radius 1 is 1.42 bits per heavy atom. The lowest BCUT2D eigenvalue weighted by molar-refractivity contribution is 0.560. The lowest BCUT2D eigenvalue weighted by atomic mass is 10.4. The van der Waals surface area contributed by atoms with Gasteiger partial charge in [-0.05, 0) is 39.8 Å². The predicted molar refractivity (Wildman–Crippen MR) is 80.0 cm³/mol. The van der Waals surface area contributed by atoms with E-state index in [4.69, 9.17) is 0 Å². The molecule has 0 aromatic carbocycles. The van der Waals surface area contributed by atoms with Gasteiger partial charge >= 0.3 is 0 Å². The van der Waals surface area contributed by atoms with Gasteiger partial charge in [0.2, 0.25) is 10.0 Å². The standard InChI is InChI=1S/C12H23N3O2S2/c1-4-6-13-7-5-8-19(16,17)15-11(3)12-14-10(2)9-18-12/h9,11,13,15H,4-8H2,1-3H3. The van der Waals surface area contributed by atoms with Gasteiger partial charge in [0, 0.05) is 11.1 Å². The van der Waals surface area contributed by atoms with Gasteiger partial charge < -0.3 is 5.32 Å². The van der Waals surface area contributed by atoms with Crippen molar-refractivity contribution in [2.45, 2.75) is 39.7 Å². The normalized spacial score (nSPS) is 13.6. The van der Waals surface area contributed by atoms with Gasteiger partial charge in [-0.15, -0.1) is 11.3 Å². The molecule has 1 atom stereocenters. The summed E-state index contributed by atoms with van der Waals surface area (Å²) < 4.78 is 26.5. The number of aryl methyl sites for hydroxylation is 1. The van der Waals surface area contributed by atoms with Crippen molar-refractivity contribution in [3.63, 3.8) is 0 Å². The summed E-state index contributed by atoms with van der Waals surface area (Å²) >= 11 is 1.48. The average Bonchev–Trinajstić information content (AvgIpc) is 2.75. The van der Waals surface area contributed by atoms with Crippen molar-refractivity contribution in [2.75, 3.05) is 18.8 Å². The Hall–Kier alpha value is -0.500. The Labute approximate surface area is 119 Å². The van der Waals surface area contributed by atoms with Crippen molar-refractivity contribution in [1.82, 2.24) is 15.0 Å². The number of rotatable bonds is 9. The molecule has 0 spiro atoms. The quantitative estimate of drug-likeness (QED) is 0.683. The number of thiazole rings is 1. The molecule has 0 fully saturated rings. The Kier molecular flexibility index (Phi) is 6.92. The highest BCUT2D eigenvalue weighted by molar-refractivity contribution is 7.89. The maximum Gasteiger partial charge on any atom is 0.212 e. The molecule has 0 amide bonds. The molecule has 0 aliphatic carbocycles. The van der Waals surface area contributed by atoms with Crippen molar-refractivity contribution in [2.24, 2.45) is 0 Å². The Balaban J connectivity index is 2.37. The molecule has 1 unspecified atom stereocenters. The third kappa shape index (κ3) is 6.47. The molecule has 1 heterocycles. The number of hydrogen-bond donors (Lipinski definition) is 2. The molecule has 0 saturated heterocycles. The minimum Gasteiger partial charge on any atom is -0.317 e. The topological polar surface area (TPSA) is 71.1 Å². The van der Waals surface area contributed by atoms with Gasteiger partial charge in [-0.2, -0.15) is 0 Å². The molecular weight excluding hydrogens is 282 g/mol. The second-order valence-corrected chi connectivity index (χ2v) is 7.35. The first-order chi connectivity index (χ1) is 8.94. The van der Waals surface area contributed by atoms with E-state index in [0.29, 0.717) is 6.42 Å². The van der Waals surface area contributed by atoms with Gasteiger partial charge in [0.15, 0.2) is 0 Å². The second kappa shape index (κ2) is 7.94. The molecule has 1 rings (SSSR count). The number of aromatic nitrogens is 1. The molecule has 110 valence electrons. The Bertz CT molecular complexity index is 471. The fourth-order valence-corrected chi connectivity index (χ4v) is 3.81. The maximum absolute atomic E-state index is 11.9. The molecule has 1 aromatic rings. The van der Waals surface area contributed by atoms with Crippen molar-refractivity contribution >= 4 is 21.4 Å². The fraction of sp³-hybridized carbons (Fsp3) is 0.750. The van der Waals surface area contributed by atoms with Crippen LogP contribution in [0.5, 0.6) is 0 Å². The van der Waals surface area contributed by atoms with Gasteiger partial charge in [-0.25, -0.2) is 18.1 Å². The van der Waals surface area contributed by atoms with E-state index in [-0.39, 0.29) is 11.8 Å². The Morgan fingerprint density at radius 2 is 2.16 bits per heavy atom. The monoisotopic (exact) mass is 305 g/mol. The number of sulfonamides is 1. The summed E-state index contributed by atoms with van der Waals surface area (Å²) in [7, 11) is -3.23. The highest BCUT2D eigenvalue weighted by atomic mass is 32.2. The van der Waals surface area contributed by atoms with Gasteiger partial charge in [0.25, 0.3) is 0 Å². The van der Waals surface area contributed by atoms with E-state index >= 15 is 0 Å². The first-order valence-electron chi connectivity index (χ1n) is 6.57. The van der Waals surface area contributed by atoms with Crippen LogP contribution in [0.2, 0.25) is 0 Å². The number of nitrogens with one attached hydrogen (secondary N) is 2. The molecule has 0 radical (unpaired) electrons. The van der Waals surface area contributed by atoms with Crippen molar-refractivity contribution in [1.29, 1.82) is 0 Å². The van der Waals surface area contributed by atoms with Crippen LogP contribution in [0.25, 0.3) is 0 Å². The summed E-state index contributed by atoms with van der Waals surface area (Å²) in [5.41, 5.74) is 0.926.